The van der Waals surface area contributed by atoms with E-state index in [4.69, 9.17) is 0 Å². The lowest BCUT2D eigenvalue weighted by Crippen LogP contribution is -2.23. The molecule has 0 aliphatic heterocycles. The molecular formula is C15H10N2O2. The number of rotatable bonds is 2. The maximum atomic E-state index is 12.5. The summed E-state index contributed by atoms with van der Waals surface area (Å²) in [6.07, 6.45) is 0.598. The number of carbonyl (C=O) groups excluding carboxylic acids is 1. The summed E-state index contributed by atoms with van der Waals surface area (Å²) in [5.74, 6) is 0.106. The normalized spacial score (nSPS) is 10.5. The van der Waals surface area contributed by atoms with Crippen molar-refractivity contribution in [1.29, 1.82) is 0 Å². The second kappa shape index (κ2) is 4.49. The number of hydrogen-bond acceptors (Lipinski definition) is 3. The van der Waals surface area contributed by atoms with Crippen LogP contribution in [-0.4, -0.2) is 15.8 Å². The molecule has 0 atom stereocenters. The fraction of sp³-hybridized carbons (Fsp3) is 0. The van der Waals surface area contributed by atoms with Gasteiger partial charge in [-0.2, -0.15) is 0 Å². The van der Waals surface area contributed by atoms with Crippen LogP contribution in [0.5, 0.6) is 0 Å². The zero-order valence-corrected chi connectivity index (χ0v) is 9.98. The summed E-state index contributed by atoms with van der Waals surface area (Å²) >= 11 is 0. The van der Waals surface area contributed by atoms with Gasteiger partial charge in [0, 0.05) is 0 Å². The van der Waals surface area contributed by atoms with Crippen molar-refractivity contribution < 1.29 is 4.79 Å². The Morgan fingerprint density at radius 3 is 2.37 bits per heavy atom. The highest BCUT2D eigenvalue weighted by atomic mass is 16.1. The van der Waals surface area contributed by atoms with Gasteiger partial charge in [-0.25, -0.2) is 4.98 Å². The van der Waals surface area contributed by atoms with Crippen LogP contribution in [-0.2, 0) is 0 Å². The molecule has 3 aromatic rings. The molecule has 0 spiro atoms. The third-order valence-corrected chi connectivity index (χ3v) is 2.92. The Balaban J connectivity index is 2.44. The number of benzene rings is 2. The largest absolute Gasteiger partial charge is 0.294 e. The Morgan fingerprint density at radius 1 is 0.947 bits per heavy atom. The molecule has 0 N–H and O–H groups in total. The van der Waals surface area contributed by atoms with E-state index in [2.05, 4.69) is 4.98 Å². The minimum Gasteiger partial charge on any atom is -0.294 e. The average Bonchev–Trinajstić information content (AvgIpc) is 2.48. The van der Waals surface area contributed by atoms with Gasteiger partial charge in [0.25, 0.3) is 5.56 Å². The van der Waals surface area contributed by atoms with E-state index in [0.29, 0.717) is 22.9 Å². The molecule has 0 saturated carbocycles. The van der Waals surface area contributed by atoms with E-state index in [0.717, 1.165) is 0 Å². The lowest BCUT2D eigenvalue weighted by atomic mass is 10.2. The van der Waals surface area contributed by atoms with Crippen LogP contribution < -0.4 is 5.56 Å². The third-order valence-electron chi connectivity index (χ3n) is 2.92. The molecular weight excluding hydrogens is 240 g/mol. The fourth-order valence-corrected chi connectivity index (χ4v) is 2.06. The van der Waals surface area contributed by atoms with Crippen LogP contribution in [0, 0.1) is 0 Å². The summed E-state index contributed by atoms with van der Waals surface area (Å²) in [5.41, 5.74) is 0.925. The summed E-state index contributed by atoms with van der Waals surface area (Å²) in [7, 11) is 0. The summed E-state index contributed by atoms with van der Waals surface area (Å²) in [6.45, 7) is 0. The van der Waals surface area contributed by atoms with Crippen LogP contribution in [0.1, 0.15) is 10.6 Å². The molecule has 0 saturated heterocycles. The highest BCUT2D eigenvalue weighted by molar-refractivity contribution is 5.82. The maximum absolute atomic E-state index is 12.5. The second-order valence-corrected chi connectivity index (χ2v) is 4.08. The van der Waals surface area contributed by atoms with Crippen molar-refractivity contribution in [2.24, 2.45) is 0 Å². The second-order valence-electron chi connectivity index (χ2n) is 4.08. The molecule has 0 fully saturated rings. The van der Waals surface area contributed by atoms with Crippen LogP contribution in [0.15, 0.2) is 59.4 Å². The Labute approximate surface area is 109 Å². The van der Waals surface area contributed by atoms with Crippen LogP contribution in [0.4, 0.5) is 0 Å². The number of aromatic nitrogens is 2. The summed E-state index contributed by atoms with van der Waals surface area (Å²) in [5, 5.41) is 0.497. The number of para-hydroxylation sites is 2. The van der Waals surface area contributed by atoms with Gasteiger partial charge >= 0.3 is 0 Å². The fourth-order valence-electron chi connectivity index (χ4n) is 2.06. The number of nitrogens with zero attached hydrogens (tertiary/aromatic N) is 2. The monoisotopic (exact) mass is 250 g/mol. The standard InChI is InChI=1S/C15H10N2O2/c18-10-14-16-13-9-5-4-8-12(13)15(19)17(14)11-6-2-1-3-7-11/h1-10H. The molecule has 1 aromatic heterocycles. The van der Waals surface area contributed by atoms with Crippen molar-refractivity contribution in [2.45, 2.75) is 0 Å². The van der Waals surface area contributed by atoms with Gasteiger partial charge in [0.2, 0.25) is 0 Å². The summed E-state index contributed by atoms with van der Waals surface area (Å²) in [4.78, 5) is 27.9. The van der Waals surface area contributed by atoms with Crippen LogP contribution in [0.3, 0.4) is 0 Å². The van der Waals surface area contributed by atoms with E-state index in [1.807, 2.05) is 18.2 Å². The Bertz CT molecular complexity index is 807. The molecule has 0 amide bonds. The molecule has 4 heteroatoms. The van der Waals surface area contributed by atoms with Crippen molar-refractivity contribution >= 4 is 17.2 Å². The highest BCUT2D eigenvalue weighted by Gasteiger charge is 2.11. The summed E-state index contributed by atoms with van der Waals surface area (Å²) < 4.78 is 1.33. The first-order valence-corrected chi connectivity index (χ1v) is 5.83. The van der Waals surface area contributed by atoms with E-state index in [1.165, 1.54) is 4.57 Å². The van der Waals surface area contributed by atoms with E-state index in [-0.39, 0.29) is 11.4 Å². The van der Waals surface area contributed by atoms with E-state index in [1.54, 1.807) is 36.4 Å². The number of carbonyl (C=O) groups is 1. The predicted octanol–water partition coefficient (Wildman–Crippen LogP) is 2.20. The Hall–Kier alpha value is -2.75. The topological polar surface area (TPSA) is 52.0 Å². The van der Waals surface area contributed by atoms with Crippen LogP contribution >= 0.6 is 0 Å². The predicted molar refractivity (Wildman–Crippen MR) is 72.7 cm³/mol. The van der Waals surface area contributed by atoms with Gasteiger partial charge in [0.05, 0.1) is 16.6 Å². The smallest absolute Gasteiger partial charge is 0.266 e. The minimum absolute atomic E-state index is 0.106. The number of aldehydes is 1. The van der Waals surface area contributed by atoms with Gasteiger partial charge in [-0.05, 0) is 24.3 Å². The van der Waals surface area contributed by atoms with Gasteiger partial charge in [0.15, 0.2) is 12.1 Å². The minimum atomic E-state index is -0.237. The molecule has 0 aliphatic rings. The van der Waals surface area contributed by atoms with Gasteiger partial charge < -0.3 is 0 Å². The zero-order valence-electron chi connectivity index (χ0n) is 9.98. The van der Waals surface area contributed by atoms with E-state index >= 15 is 0 Å². The summed E-state index contributed by atoms with van der Waals surface area (Å²) in [6, 6.07) is 16.0. The third kappa shape index (κ3) is 1.83. The van der Waals surface area contributed by atoms with Gasteiger partial charge in [-0.1, -0.05) is 30.3 Å². The maximum Gasteiger partial charge on any atom is 0.266 e. The molecule has 4 nitrogen and oxygen atoms in total. The van der Waals surface area contributed by atoms with Gasteiger partial charge in [-0.3, -0.25) is 14.2 Å². The number of fused-ring (bicyclic) bond motifs is 1. The zero-order chi connectivity index (χ0) is 13.2. The van der Waals surface area contributed by atoms with Crippen LogP contribution in [0.25, 0.3) is 16.6 Å². The molecule has 1 heterocycles. The van der Waals surface area contributed by atoms with Crippen molar-refractivity contribution in [2.75, 3.05) is 0 Å². The van der Waals surface area contributed by atoms with Crippen molar-refractivity contribution in [1.82, 2.24) is 9.55 Å². The molecule has 0 radical (unpaired) electrons. The Morgan fingerprint density at radius 2 is 1.63 bits per heavy atom. The van der Waals surface area contributed by atoms with Gasteiger partial charge in [0.1, 0.15) is 0 Å². The van der Waals surface area contributed by atoms with E-state index in [9.17, 15) is 9.59 Å². The molecule has 0 aliphatic carbocycles. The van der Waals surface area contributed by atoms with Crippen LogP contribution in [0.2, 0.25) is 0 Å². The highest BCUT2D eigenvalue weighted by Crippen LogP contribution is 2.11. The lowest BCUT2D eigenvalue weighted by molar-refractivity contribution is 0.111. The number of hydrogen-bond donors (Lipinski definition) is 0. The molecule has 92 valence electrons. The molecule has 2 aromatic carbocycles. The molecule has 0 bridgehead atoms. The molecule has 3 rings (SSSR count). The van der Waals surface area contributed by atoms with Crippen molar-refractivity contribution in [3.05, 3.63) is 70.8 Å². The average molecular weight is 250 g/mol. The first-order chi connectivity index (χ1) is 9.31. The quantitative estimate of drug-likeness (QED) is 0.655. The molecule has 19 heavy (non-hydrogen) atoms. The van der Waals surface area contributed by atoms with Crippen molar-refractivity contribution in [3.63, 3.8) is 0 Å². The SMILES string of the molecule is O=Cc1nc2ccccc2c(=O)n1-c1ccccc1. The Kier molecular flexibility index (Phi) is 2.68. The molecule has 0 unspecified atom stereocenters. The van der Waals surface area contributed by atoms with E-state index < -0.39 is 0 Å². The first kappa shape index (κ1) is 11.3. The lowest BCUT2D eigenvalue weighted by Gasteiger charge is -2.09. The van der Waals surface area contributed by atoms with Gasteiger partial charge in [-0.15, -0.1) is 0 Å². The first-order valence-electron chi connectivity index (χ1n) is 5.83. The van der Waals surface area contributed by atoms with Crippen molar-refractivity contribution in [3.8, 4) is 5.69 Å².